The molecule has 1 fully saturated rings. The van der Waals surface area contributed by atoms with E-state index in [1.54, 1.807) is 0 Å². The van der Waals surface area contributed by atoms with Crippen LogP contribution in [0.3, 0.4) is 0 Å². The zero-order valence-corrected chi connectivity index (χ0v) is 18.5. The molecule has 1 unspecified atom stereocenters. The van der Waals surface area contributed by atoms with Crippen LogP contribution in [0.15, 0.2) is 48.5 Å². The first-order chi connectivity index (χ1) is 15.0. The maximum atomic E-state index is 13.2. The standard InChI is InChI=1S/C25H31N5O/c1-4-29-21-8-6-5-7-17(21)14-23(29)24-27-20-13-18(10-12-22(20)28(24)3)25(31)30-15-19(26)11-9-16(30)2/h5-8,10,12-14,16,19,24,27H,4,9,11,15,26H2,1-3H3/t16-,19+,24?/m1/s1. The molecular weight excluding hydrogens is 386 g/mol. The Balaban J connectivity index is 1.46. The van der Waals surface area contributed by atoms with E-state index in [-0.39, 0.29) is 24.2 Å². The summed E-state index contributed by atoms with van der Waals surface area (Å²) in [6, 6.07) is 17.1. The number of aryl methyl sites for hydroxylation is 1. The number of piperidine rings is 1. The number of benzene rings is 2. The summed E-state index contributed by atoms with van der Waals surface area (Å²) in [6.07, 6.45) is 1.96. The number of anilines is 2. The zero-order valence-electron chi connectivity index (χ0n) is 18.5. The van der Waals surface area contributed by atoms with Crippen LogP contribution in [0.1, 0.15) is 48.9 Å². The molecule has 6 heteroatoms. The molecule has 1 aromatic heterocycles. The van der Waals surface area contributed by atoms with Crippen molar-refractivity contribution in [2.45, 2.75) is 51.5 Å². The fourth-order valence-electron chi connectivity index (χ4n) is 5.14. The van der Waals surface area contributed by atoms with E-state index in [9.17, 15) is 4.79 Å². The van der Waals surface area contributed by atoms with Crippen molar-refractivity contribution in [3.8, 4) is 0 Å². The van der Waals surface area contributed by atoms with E-state index in [1.807, 2.05) is 17.0 Å². The van der Waals surface area contributed by atoms with Gasteiger partial charge >= 0.3 is 0 Å². The summed E-state index contributed by atoms with van der Waals surface area (Å²) >= 11 is 0. The molecule has 31 heavy (non-hydrogen) atoms. The van der Waals surface area contributed by atoms with E-state index in [2.05, 4.69) is 72.1 Å². The number of hydrogen-bond acceptors (Lipinski definition) is 4. The van der Waals surface area contributed by atoms with Crippen LogP contribution in [0, 0.1) is 0 Å². The van der Waals surface area contributed by atoms with Gasteiger partial charge in [-0.3, -0.25) is 4.79 Å². The molecule has 1 saturated heterocycles. The minimum Gasteiger partial charge on any atom is -0.359 e. The van der Waals surface area contributed by atoms with Crippen LogP contribution < -0.4 is 16.0 Å². The van der Waals surface area contributed by atoms with Crippen molar-refractivity contribution in [1.82, 2.24) is 9.47 Å². The Morgan fingerprint density at radius 3 is 2.77 bits per heavy atom. The maximum Gasteiger partial charge on any atom is 0.254 e. The van der Waals surface area contributed by atoms with E-state index >= 15 is 0 Å². The molecule has 6 nitrogen and oxygen atoms in total. The van der Waals surface area contributed by atoms with E-state index in [0.29, 0.717) is 6.54 Å². The lowest BCUT2D eigenvalue weighted by molar-refractivity contribution is 0.0612. The molecule has 162 valence electrons. The number of carbonyl (C=O) groups excluding carboxylic acids is 1. The lowest BCUT2D eigenvalue weighted by Crippen LogP contribution is -2.50. The quantitative estimate of drug-likeness (QED) is 0.671. The number of amides is 1. The molecule has 0 radical (unpaired) electrons. The average Bonchev–Trinajstić information content (AvgIpc) is 3.31. The van der Waals surface area contributed by atoms with Crippen LogP contribution in [0.4, 0.5) is 11.4 Å². The number of carbonyl (C=O) groups is 1. The minimum absolute atomic E-state index is 0.0232. The molecule has 0 saturated carbocycles. The summed E-state index contributed by atoms with van der Waals surface area (Å²) in [7, 11) is 2.11. The summed E-state index contributed by atoms with van der Waals surface area (Å²) < 4.78 is 2.36. The third-order valence-electron chi connectivity index (χ3n) is 6.92. The third kappa shape index (κ3) is 3.26. The molecule has 2 aliphatic rings. The molecule has 0 bridgehead atoms. The summed E-state index contributed by atoms with van der Waals surface area (Å²) in [5.74, 6) is 0.0704. The van der Waals surface area contributed by atoms with Gasteiger partial charge in [-0.1, -0.05) is 18.2 Å². The Labute approximate surface area is 183 Å². The van der Waals surface area contributed by atoms with Crippen molar-refractivity contribution in [2.75, 3.05) is 23.8 Å². The van der Waals surface area contributed by atoms with Gasteiger partial charge in [0.25, 0.3) is 5.91 Å². The number of rotatable bonds is 3. The highest BCUT2D eigenvalue weighted by Crippen LogP contribution is 2.42. The third-order valence-corrected chi connectivity index (χ3v) is 6.92. The maximum absolute atomic E-state index is 13.2. The Morgan fingerprint density at radius 2 is 1.97 bits per heavy atom. The van der Waals surface area contributed by atoms with Crippen LogP contribution in [-0.4, -0.2) is 41.1 Å². The number of fused-ring (bicyclic) bond motifs is 2. The topological polar surface area (TPSA) is 66.5 Å². The molecular formula is C25H31N5O. The van der Waals surface area contributed by atoms with Gasteiger partial charge in [-0.2, -0.15) is 0 Å². The first-order valence-electron chi connectivity index (χ1n) is 11.3. The van der Waals surface area contributed by atoms with Gasteiger partial charge in [0.2, 0.25) is 0 Å². The molecule has 2 aromatic carbocycles. The Hall–Kier alpha value is -2.99. The number of aromatic nitrogens is 1. The average molecular weight is 418 g/mol. The number of nitrogens with two attached hydrogens (primary N) is 1. The van der Waals surface area contributed by atoms with Gasteiger partial charge in [-0.15, -0.1) is 0 Å². The fourth-order valence-corrected chi connectivity index (χ4v) is 5.14. The molecule has 0 spiro atoms. The van der Waals surface area contributed by atoms with Gasteiger partial charge < -0.3 is 25.4 Å². The van der Waals surface area contributed by atoms with Crippen LogP contribution in [0.2, 0.25) is 0 Å². The van der Waals surface area contributed by atoms with Crippen molar-refractivity contribution in [3.63, 3.8) is 0 Å². The number of likely N-dealkylation sites (tertiary alicyclic amines) is 1. The number of nitrogens with one attached hydrogen (secondary N) is 1. The highest BCUT2D eigenvalue weighted by molar-refractivity contribution is 5.97. The summed E-state index contributed by atoms with van der Waals surface area (Å²) in [5.41, 5.74) is 11.4. The predicted octanol–water partition coefficient (Wildman–Crippen LogP) is 4.17. The highest BCUT2D eigenvalue weighted by atomic mass is 16.2. The van der Waals surface area contributed by atoms with Gasteiger partial charge in [0.05, 0.1) is 17.1 Å². The Morgan fingerprint density at radius 1 is 1.16 bits per heavy atom. The van der Waals surface area contributed by atoms with Crippen molar-refractivity contribution >= 4 is 28.2 Å². The smallest absolute Gasteiger partial charge is 0.254 e. The lowest BCUT2D eigenvalue weighted by Gasteiger charge is -2.36. The Kier molecular flexibility index (Phi) is 4.89. The molecule has 3 atom stereocenters. The van der Waals surface area contributed by atoms with Gasteiger partial charge in [0.1, 0.15) is 6.17 Å². The zero-order chi connectivity index (χ0) is 21.7. The number of para-hydroxylation sites is 1. The second kappa shape index (κ2) is 7.61. The lowest BCUT2D eigenvalue weighted by atomic mass is 9.99. The summed E-state index contributed by atoms with van der Waals surface area (Å²) in [4.78, 5) is 17.4. The van der Waals surface area contributed by atoms with Gasteiger partial charge in [0, 0.05) is 48.7 Å². The van der Waals surface area contributed by atoms with Crippen LogP contribution in [0.5, 0.6) is 0 Å². The molecule has 0 aliphatic carbocycles. The predicted molar refractivity (Wildman–Crippen MR) is 127 cm³/mol. The first kappa shape index (κ1) is 19.9. The molecule has 3 N–H and O–H groups in total. The minimum atomic E-state index is 0.0232. The fraction of sp³-hybridized carbons (Fsp3) is 0.400. The second-order valence-electron chi connectivity index (χ2n) is 8.91. The van der Waals surface area contributed by atoms with Crippen molar-refractivity contribution in [2.24, 2.45) is 5.73 Å². The number of hydrogen-bond donors (Lipinski definition) is 2. The van der Waals surface area contributed by atoms with Crippen molar-refractivity contribution in [1.29, 1.82) is 0 Å². The van der Waals surface area contributed by atoms with Crippen LogP contribution >= 0.6 is 0 Å². The van der Waals surface area contributed by atoms with Crippen LogP contribution in [-0.2, 0) is 6.54 Å². The van der Waals surface area contributed by atoms with E-state index in [1.165, 1.54) is 16.6 Å². The molecule has 3 heterocycles. The summed E-state index contributed by atoms with van der Waals surface area (Å²) in [5, 5.41) is 4.91. The monoisotopic (exact) mass is 417 g/mol. The van der Waals surface area contributed by atoms with Crippen molar-refractivity contribution < 1.29 is 4.79 Å². The summed E-state index contributed by atoms with van der Waals surface area (Å²) in [6.45, 7) is 5.83. The Bertz CT molecular complexity index is 1140. The SMILES string of the molecule is CCn1c(C2Nc3cc(C(=O)N4C[C@@H](N)CC[C@H]4C)ccc3N2C)cc2ccccc21. The first-order valence-corrected chi connectivity index (χ1v) is 11.3. The van der Waals surface area contributed by atoms with Gasteiger partial charge in [0.15, 0.2) is 0 Å². The highest BCUT2D eigenvalue weighted by Gasteiger charge is 2.32. The normalized spacial score (nSPS) is 23.2. The van der Waals surface area contributed by atoms with Crippen molar-refractivity contribution in [3.05, 3.63) is 59.8 Å². The largest absolute Gasteiger partial charge is 0.359 e. The number of nitrogens with zero attached hydrogens (tertiary/aromatic N) is 3. The van der Waals surface area contributed by atoms with E-state index in [0.717, 1.165) is 36.3 Å². The second-order valence-corrected chi connectivity index (χ2v) is 8.91. The van der Waals surface area contributed by atoms with Crippen LogP contribution in [0.25, 0.3) is 10.9 Å². The molecule has 2 aliphatic heterocycles. The molecule has 3 aromatic rings. The van der Waals surface area contributed by atoms with E-state index < -0.39 is 0 Å². The van der Waals surface area contributed by atoms with Gasteiger partial charge in [-0.05, 0) is 57.0 Å². The molecule has 5 rings (SSSR count). The van der Waals surface area contributed by atoms with E-state index in [4.69, 9.17) is 5.73 Å². The van der Waals surface area contributed by atoms with Gasteiger partial charge in [-0.25, -0.2) is 0 Å². The molecule has 1 amide bonds.